The molecule has 1 aromatic heterocycles. The summed E-state index contributed by atoms with van der Waals surface area (Å²) in [5, 5.41) is 9.80. The number of ether oxygens (including phenoxy) is 2. The first-order valence-corrected chi connectivity index (χ1v) is 14.0. The quantitative estimate of drug-likeness (QED) is 0.313. The van der Waals surface area contributed by atoms with Crippen LogP contribution in [0.2, 0.25) is 0 Å². The molecule has 1 heterocycles. The van der Waals surface area contributed by atoms with Crippen LogP contribution in [0.1, 0.15) is 74.6 Å². The third kappa shape index (κ3) is 5.34. The van der Waals surface area contributed by atoms with E-state index in [4.69, 9.17) is 9.47 Å². The highest BCUT2D eigenvalue weighted by Gasteiger charge is 2.67. The topological polar surface area (TPSA) is 68.7 Å². The summed E-state index contributed by atoms with van der Waals surface area (Å²) < 4.78 is 52.4. The van der Waals surface area contributed by atoms with Crippen molar-refractivity contribution in [2.75, 3.05) is 7.11 Å². The van der Waals surface area contributed by atoms with Crippen LogP contribution in [0.5, 0.6) is 5.75 Å². The fourth-order valence-corrected chi connectivity index (χ4v) is 6.91. The fraction of sp³-hybridized carbons (Fsp3) is 0.455. The van der Waals surface area contributed by atoms with Gasteiger partial charge in [-0.25, -0.2) is 0 Å². The molecule has 2 aliphatic rings. The Morgan fingerprint density at radius 2 is 1.88 bits per heavy atom. The van der Waals surface area contributed by atoms with E-state index in [2.05, 4.69) is 4.98 Å². The third-order valence-electron chi connectivity index (χ3n) is 8.83. The first-order valence-electron chi connectivity index (χ1n) is 14.0. The molecule has 4 atom stereocenters. The summed E-state index contributed by atoms with van der Waals surface area (Å²) in [5.74, 6) is -0.366. The van der Waals surface area contributed by atoms with E-state index in [1.54, 1.807) is 13.2 Å². The second-order valence-electron chi connectivity index (χ2n) is 12.4. The number of nitrogens with zero attached hydrogens (tertiary/aromatic N) is 1. The van der Waals surface area contributed by atoms with Gasteiger partial charge in [0.05, 0.1) is 12.0 Å². The lowest BCUT2D eigenvalue weighted by atomic mass is 9.77. The van der Waals surface area contributed by atoms with Crippen molar-refractivity contribution in [3.05, 3.63) is 82.7 Å². The Bertz CT molecular complexity index is 1460. The third-order valence-corrected chi connectivity index (χ3v) is 8.83. The molecular weight excluding hydrogens is 531 g/mol. The molecule has 0 bridgehead atoms. The average molecular weight is 568 g/mol. The SMILES string of the molecule is CO[C@H](c1cc(COc2ccc3c(c2)[C@@]2(CCC3)[C@H](C(=O)O)[C@@H]2C)ccc1-c1ccnc(C(F)(F)F)c1)C(C)(C)C. The molecule has 1 N–H and O–H groups in total. The predicted molar refractivity (Wildman–Crippen MR) is 150 cm³/mol. The zero-order valence-electron chi connectivity index (χ0n) is 24.0. The van der Waals surface area contributed by atoms with Crippen molar-refractivity contribution in [1.29, 1.82) is 0 Å². The van der Waals surface area contributed by atoms with Gasteiger partial charge in [0.2, 0.25) is 0 Å². The molecule has 1 saturated carbocycles. The van der Waals surface area contributed by atoms with E-state index in [1.165, 1.54) is 11.8 Å². The van der Waals surface area contributed by atoms with Crippen molar-refractivity contribution in [3.8, 4) is 16.9 Å². The normalized spacial score (nSPS) is 22.7. The Morgan fingerprint density at radius 3 is 2.51 bits per heavy atom. The number of pyridine rings is 1. The molecule has 0 unspecified atom stereocenters. The lowest BCUT2D eigenvalue weighted by molar-refractivity contribution is -0.141. The molecule has 0 aliphatic heterocycles. The van der Waals surface area contributed by atoms with Gasteiger partial charge < -0.3 is 14.6 Å². The standard InChI is InChI=1S/C33H36F3NO4/c1-19-28(30(38)39)32(19)13-6-7-21-9-10-23(17-26(21)32)41-18-20-8-11-24(25(15-20)29(40-5)31(2,3)4)22-12-14-37-27(16-22)33(34,35)36/h8-12,14-17,19,28-29H,6-7,13,18H2,1-5H3,(H,38,39)/t19-,28-,29+,32-/m0/s1. The van der Waals surface area contributed by atoms with E-state index in [1.807, 2.05) is 64.1 Å². The number of benzene rings is 2. The Kier molecular flexibility index (Phi) is 7.43. The highest BCUT2D eigenvalue weighted by Crippen LogP contribution is 2.65. The van der Waals surface area contributed by atoms with Crippen LogP contribution in [0.3, 0.4) is 0 Å². The van der Waals surface area contributed by atoms with E-state index < -0.39 is 23.9 Å². The maximum Gasteiger partial charge on any atom is 0.433 e. The average Bonchev–Trinajstić information content (AvgIpc) is 3.50. The van der Waals surface area contributed by atoms with Crippen LogP contribution in [0.4, 0.5) is 13.2 Å². The molecule has 1 spiro atoms. The number of aromatic nitrogens is 1. The Morgan fingerprint density at radius 1 is 1.12 bits per heavy atom. The molecule has 5 rings (SSSR count). The van der Waals surface area contributed by atoms with Crippen LogP contribution in [-0.2, 0) is 34.2 Å². The maximum atomic E-state index is 13.4. The van der Waals surface area contributed by atoms with E-state index in [-0.39, 0.29) is 29.3 Å². The largest absolute Gasteiger partial charge is 0.489 e. The van der Waals surface area contributed by atoms with Gasteiger partial charge >= 0.3 is 12.1 Å². The number of carboxylic acids is 1. The van der Waals surface area contributed by atoms with Crippen LogP contribution in [0.15, 0.2) is 54.7 Å². The van der Waals surface area contributed by atoms with Crippen molar-refractivity contribution in [2.45, 2.75) is 71.3 Å². The van der Waals surface area contributed by atoms with Gasteiger partial charge in [-0.2, -0.15) is 13.2 Å². The van der Waals surface area contributed by atoms with Gasteiger partial charge in [-0.05, 0) is 94.3 Å². The second kappa shape index (κ2) is 10.5. The van der Waals surface area contributed by atoms with Crippen molar-refractivity contribution in [1.82, 2.24) is 4.98 Å². The summed E-state index contributed by atoms with van der Waals surface area (Å²) >= 11 is 0. The maximum absolute atomic E-state index is 13.4. The second-order valence-corrected chi connectivity index (χ2v) is 12.4. The smallest absolute Gasteiger partial charge is 0.433 e. The molecule has 3 aromatic rings. The van der Waals surface area contributed by atoms with E-state index in [9.17, 15) is 23.1 Å². The number of carboxylic acid groups (broad SMARTS) is 1. The highest BCUT2D eigenvalue weighted by molar-refractivity contribution is 5.79. The number of alkyl halides is 3. The monoisotopic (exact) mass is 567 g/mol. The highest BCUT2D eigenvalue weighted by atomic mass is 19.4. The minimum absolute atomic E-state index is 0.0822. The summed E-state index contributed by atoms with van der Waals surface area (Å²) in [6.45, 7) is 8.32. The molecule has 41 heavy (non-hydrogen) atoms. The van der Waals surface area contributed by atoms with Crippen LogP contribution in [0.25, 0.3) is 11.1 Å². The van der Waals surface area contributed by atoms with E-state index in [0.29, 0.717) is 16.9 Å². The molecule has 0 radical (unpaired) electrons. The molecular formula is C33H36F3NO4. The molecule has 8 heteroatoms. The number of methoxy groups -OCH3 is 1. The first-order chi connectivity index (χ1) is 19.3. The lowest BCUT2D eigenvalue weighted by Gasteiger charge is -2.32. The lowest BCUT2D eigenvalue weighted by Crippen LogP contribution is -2.22. The molecule has 2 aromatic carbocycles. The molecule has 0 saturated heterocycles. The summed E-state index contributed by atoms with van der Waals surface area (Å²) in [7, 11) is 1.60. The van der Waals surface area contributed by atoms with Gasteiger partial charge in [0.15, 0.2) is 0 Å². The summed E-state index contributed by atoms with van der Waals surface area (Å²) in [6, 6.07) is 14.2. The predicted octanol–water partition coefficient (Wildman–Crippen LogP) is 8.00. The van der Waals surface area contributed by atoms with Gasteiger partial charge in [-0.15, -0.1) is 0 Å². The van der Waals surface area contributed by atoms with Gasteiger partial charge in [0, 0.05) is 18.7 Å². The fourth-order valence-electron chi connectivity index (χ4n) is 6.91. The van der Waals surface area contributed by atoms with Crippen molar-refractivity contribution in [3.63, 3.8) is 0 Å². The van der Waals surface area contributed by atoms with E-state index >= 15 is 0 Å². The van der Waals surface area contributed by atoms with Gasteiger partial charge in [0.1, 0.15) is 18.1 Å². The molecule has 2 aliphatic carbocycles. The number of aryl methyl sites for hydroxylation is 1. The molecule has 5 nitrogen and oxygen atoms in total. The van der Waals surface area contributed by atoms with Gasteiger partial charge in [-0.3, -0.25) is 9.78 Å². The summed E-state index contributed by atoms with van der Waals surface area (Å²) in [6.07, 6.45) is -0.998. The van der Waals surface area contributed by atoms with Crippen LogP contribution in [-0.4, -0.2) is 23.2 Å². The van der Waals surface area contributed by atoms with Crippen LogP contribution < -0.4 is 4.74 Å². The number of rotatable bonds is 7. The summed E-state index contributed by atoms with van der Waals surface area (Å²) in [5.41, 5.74) is 3.32. The number of halogens is 3. The minimum atomic E-state index is -4.55. The number of fused-ring (bicyclic) bond motifs is 2. The van der Waals surface area contributed by atoms with Crippen molar-refractivity contribution < 1.29 is 32.5 Å². The van der Waals surface area contributed by atoms with Crippen LogP contribution >= 0.6 is 0 Å². The van der Waals surface area contributed by atoms with Gasteiger partial charge in [-0.1, -0.05) is 45.9 Å². The number of aliphatic carboxylic acids is 1. The Balaban J connectivity index is 1.46. The first kappa shape index (κ1) is 29.1. The number of carbonyl (C=O) groups is 1. The molecule has 218 valence electrons. The zero-order valence-corrected chi connectivity index (χ0v) is 24.0. The Hall–Kier alpha value is -3.39. The van der Waals surface area contributed by atoms with Crippen LogP contribution in [0, 0.1) is 17.3 Å². The molecule has 1 fully saturated rings. The van der Waals surface area contributed by atoms with Gasteiger partial charge in [0.25, 0.3) is 0 Å². The number of hydrogen-bond donors (Lipinski definition) is 1. The van der Waals surface area contributed by atoms with E-state index in [0.717, 1.165) is 42.0 Å². The summed E-state index contributed by atoms with van der Waals surface area (Å²) in [4.78, 5) is 15.4. The number of hydrogen-bond acceptors (Lipinski definition) is 4. The molecule has 0 amide bonds. The zero-order chi connectivity index (χ0) is 29.7. The Labute approximate surface area is 238 Å². The van der Waals surface area contributed by atoms with Crippen molar-refractivity contribution >= 4 is 5.97 Å². The minimum Gasteiger partial charge on any atom is -0.489 e. The van der Waals surface area contributed by atoms with Crippen molar-refractivity contribution in [2.24, 2.45) is 17.3 Å².